The van der Waals surface area contributed by atoms with E-state index in [0.29, 0.717) is 12.8 Å². The highest BCUT2D eigenvalue weighted by atomic mass is 19.4. The molecule has 264 valence electrons. The van der Waals surface area contributed by atoms with Gasteiger partial charge in [-0.25, -0.2) is 23.1 Å². The van der Waals surface area contributed by atoms with Crippen LogP contribution in [0.1, 0.15) is 36.9 Å². The second-order valence-electron chi connectivity index (χ2n) is 13.5. The van der Waals surface area contributed by atoms with Gasteiger partial charge in [-0.05, 0) is 25.8 Å². The van der Waals surface area contributed by atoms with Crippen molar-refractivity contribution in [3.63, 3.8) is 0 Å². The summed E-state index contributed by atoms with van der Waals surface area (Å²) in [5.41, 5.74) is 0.0178. The van der Waals surface area contributed by atoms with Gasteiger partial charge in [0, 0.05) is 50.1 Å². The van der Waals surface area contributed by atoms with Gasteiger partial charge in [-0.3, -0.25) is 4.90 Å². The molecule has 3 aromatic rings. The fraction of sp³-hybridized carbons (Fsp3) is 0.600. The van der Waals surface area contributed by atoms with Crippen molar-refractivity contribution in [1.82, 2.24) is 30.2 Å². The lowest BCUT2D eigenvalue weighted by Crippen LogP contribution is -2.66. The largest absolute Gasteiger partial charge is 0.462 e. The van der Waals surface area contributed by atoms with Crippen LogP contribution in [-0.4, -0.2) is 99.4 Å². The summed E-state index contributed by atoms with van der Waals surface area (Å²) >= 11 is 0. The number of nitrogens with one attached hydrogen (secondary N) is 1. The van der Waals surface area contributed by atoms with E-state index in [1.54, 1.807) is 4.90 Å². The van der Waals surface area contributed by atoms with Crippen LogP contribution in [0, 0.1) is 12.7 Å². The Labute approximate surface area is 272 Å². The number of aryl methyl sites for hydroxylation is 1. The highest BCUT2D eigenvalue weighted by Gasteiger charge is 2.58. The molecule has 0 unspecified atom stereocenters. The molecule has 0 amide bonds. The van der Waals surface area contributed by atoms with E-state index in [9.17, 15) is 35.1 Å². The lowest BCUT2D eigenvalue weighted by Gasteiger charge is -2.43. The minimum Gasteiger partial charge on any atom is -0.462 e. The topological polar surface area (TPSA) is 115 Å². The molecule has 4 saturated heterocycles. The van der Waals surface area contributed by atoms with E-state index < -0.39 is 105 Å². The second kappa shape index (κ2) is 10.8. The van der Waals surface area contributed by atoms with Gasteiger partial charge >= 0.3 is 18.4 Å². The van der Waals surface area contributed by atoms with Crippen molar-refractivity contribution in [3.05, 3.63) is 23.1 Å². The molecule has 5 aliphatic heterocycles. The Kier molecular flexibility index (Phi) is 7.14. The third kappa shape index (κ3) is 5.17. The first-order chi connectivity index (χ1) is 23.0. The summed E-state index contributed by atoms with van der Waals surface area (Å²) in [6.45, 7) is 0.601. The predicted octanol–water partition coefficient (Wildman–Crippen LogP) is 4.67. The van der Waals surface area contributed by atoms with Crippen molar-refractivity contribution in [2.24, 2.45) is 0 Å². The van der Waals surface area contributed by atoms with Crippen molar-refractivity contribution in [2.45, 2.75) is 87.1 Å². The van der Waals surface area contributed by atoms with E-state index >= 15 is 4.39 Å². The van der Waals surface area contributed by atoms with Gasteiger partial charge < -0.3 is 25.4 Å². The number of nitrogens with zero attached hydrogens (tertiary/aromatic N) is 6. The molecule has 3 N–H and O–H groups in total. The quantitative estimate of drug-likeness (QED) is 0.372. The van der Waals surface area contributed by atoms with Crippen molar-refractivity contribution >= 4 is 22.5 Å². The van der Waals surface area contributed by atoms with E-state index in [4.69, 9.17) is 15.2 Å². The average molecular weight is 705 g/mol. The summed E-state index contributed by atoms with van der Waals surface area (Å²) < 4.78 is 145. The van der Waals surface area contributed by atoms with Crippen molar-refractivity contribution < 1.29 is 49.0 Å². The van der Waals surface area contributed by atoms with Gasteiger partial charge in [0.2, 0.25) is 12.0 Å². The zero-order valence-electron chi connectivity index (χ0n) is 25.7. The lowest BCUT2D eigenvalue weighted by atomic mass is 9.94. The molecule has 5 aliphatic rings. The molecule has 0 aromatic carbocycles. The fourth-order valence-corrected chi connectivity index (χ4v) is 8.42. The number of ether oxygens (including phenoxy) is 2. The zero-order valence-corrected chi connectivity index (χ0v) is 25.7. The van der Waals surface area contributed by atoms with Gasteiger partial charge in [-0.2, -0.15) is 36.3 Å². The van der Waals surface area contributed by atoms with Crippen LogP contribution in [0.25, 0.3) is 22.2 Å². The van der Waals surface area contributed by atoms with Gasteiger partial charge in [-0.15, -0.1) is 0 Å². The SMILES string of the molecule is Cc1nc(N)cc(-c2nc3c4c(nc(OCC56C[C@@H](F)CN5C[C@H](F)C6)nc4c2F)N2C[C@H]4CC[C@H](N4)[C@H]2[C@H](C(F)(F)F)O3)c1C(F)(F)F. The van der Waals surface area contributed by atoms with Crippen LogP contribution in [-0.2, 0) is 6.18 Å². The third-order valence-electron chi connectivity index (χ3n) is 10.3. The maximum atomic E-state index is 16.7. The highest BCUT2D eigenvalue weighted by Crippen LogP contribution is 2.49. The standard InChI is InChI=1S/C30H29F9N8O2/c1-11-19(29(34,35)36)15(4-17(40)41-11)21-20(33)22-18-25(45-27(44-22)48-10-28-5-12(31)7-46(28)8-13(32)6-28)47-9-14-2-3-16(42-14)23(47)24(30(37,38)39)49-26(18)43-21/h4,12-14,16,23-24,42H,2-3,5-10H2,1H3,(H2,40,41)/t12-,13-,14-,16+,23+,24-/m1/s1. The van der Waals surface area contributed by atoms with E-state index in [1.165, 1.54) is 4.90 Å². The van der Waals surface area contributed by atoms with E-state index in [-0.39, 0.29) is 50.9 Å². The number of nitrogen functional groups attached to an aromatic ring is 1. The van der Waals surface area contributed by atoms with Gasteiger partial charge in [0.25, 0.3) is 0 Å². The average Bonchev–Trinajstić information content (AvgIpc) is 3.58. The number of alkyl halides is 8. The molecule has 0 saturated carbocycles. The number of fused-ring (bicyclic) bond motifs is 6. The molecular formula is C30H29F9N8O2. The van der Waals surface area contributed by atoms with E-state index in [1.807, 2.05) is 0 Å². The third-order valence-corrected chi connectivity index (χ3v) is 10.3. The summed E-state index contributed by atoms with van der Waals surface area (Å²) in [7, 11) is 0. The van der Waals surface area contributed by atoms with Gasteiger partial charge in [0.15, 0.2) is 5.82 Å². The molecule has 2 bridgehead atoms. The number of halogens is 9. The number of pyridine rings is 2. The van der Waals surface area contributed by atoms with Crippen LogP contribution in [0.3, 0.4) is 0 Å². The normalized spacial score (nSPS) is 29.1. The first-order valence-electron chi connectivity index (χ1n) is 15.7. The first-order valence-corrected chi connectivity index (χ1v) is 15.7. The Morgan fingerprint density at radius 2 is 1.73 bits per heavy atom. The molecule has 0 spiro atoms. The molecule has 19 heteroatoms. The number of anilines is 2. The predicted molar refractivity (Wildman–Crippen MR) is 155 cm³/mol. The number of rotatable bonds is 4. The fourth-order valence-electron chi connectivity index (χ4n) is 8.42. The molecule has 10 nitrogen and oxygen atoms in total. The summed E-state index contributed by atoms with van der Waals surface area (Å²) in [4.78, 5) is 19.1. The molecule has 0 aliphatic carbocycles. The van der Waals surface area contributed by atoms with Crippen molar-refractivity contribution in [2.75, 3.05) is 36.9 Å². The number of hydrogen-bond acceptors (Lipinski definition) is 10. The maximum absolute atomic E-state index is 16.7. The number of hydrogen-bond donors (Lipinski definition) is 2. The molecule has 0 radical (unpaired) electrons. The maximum Gasteiger partial charge on any atom is 0.427 e. The minimum absolute atomic E-state index is 0.00540. The van der Waals surface area contributed by atoms with E-state index in [0.717, 1.165) is 13.0 Å². The number of aromatic nitrogens is 4. The zero-order chi connectivity index (χ0) is 34.8. The van der Waals surface area contributed by atoms with Gasteiger partial charge in [0.05, 0.1) is 22.8 Å². The van der Waals surface area contributed by atoms with Crippen LogP contribution in [0.4, 0.5) is 51.1 Å². The van der Waals surface area contributed by atoms with Crippen LogP contribution in [0.15, 0.2) is 6.07 Å². The Balaban J connectivity index is 1.35. The summed E-state index contributed by atoms with van der Waals surface area (Å²) in [5.74, 6) is -2.91. The van der Waals surface area contributed by atoms with Crippen molar-refractivity contribution in [3.8, 4) is 23.1 Å². The highest BCUT2D eigenvalue weighted by molar-refractivity contribution is 5.97. The van der Waals surface area contributed by atoms with Gasteiger partial charge in [-0.1, -0.05) is 0 Å². The second-order valence-corrected chi connectivity index (χ2v) is 13.5. The summed E-state index contributed by atoms with van der Waals surface area (Å²) in [5, 5.41) is 2.76. The Bertz CT molecular complexity index is 1830. The molecule has 8 rings (SSSR count). The van der Waals surface area contributed by atoms with Crippen LogP contribution >= 0.6 is 0 Å². The van der Waals surface area contributed by atoms with Crippen LogP contribution < -0.4 is 25.4 Å². The summed E-state index contributed by atoms with van der Waals surface area (Å²) in [6.07, 6.45) is -14.4. The van der Waals surface area contributed by atoms with Crippen LogP contribution in [0.5, 0.6) is 11.9 Å². The molecule has 49 heavy (non-hydrogen) atoms. The molecule has 8 heterocycles. The first kappa shape index (κ1) is 32.3. The minimum atomic E-state index is -5.10. The Morgan fingerprint density at radius 3 is 2.41 bits per heavy atom. The number of piperazine rings is 1. The molecule has 3 aromatic heterocycles. The Morgan fingerprint density at radius 1 is 1.02 bits per heavy atom. The molecular weight excluding hydrogens is 675 g/mol. The molecule has 4 fully saturated rings. The molecule has 6 atom stereocenters. The smallest absolute Gasteiger partial charge is 0.427 e. The van der Waals surface area contributed by atoms with E-state index in [2.05, 4.69) is 25.3 Å². The monoisotopic (exact) mass is 704 g/mol. The van der Waals surface area contributed by atoms with Gasteiger partial charge in [0.1, 0.15) is 47.2 Å². The summed E-state index contributed by atoms with van der Waals surface area (Å²) in [6, 6.07) is -2.26. The Hall–Kier alpha value is -3.87. The van der Waals surface area contributed by atoms with Crippen LogP contribution in [0.2, 0.25) is 0 Å². The van der Waals surface area contributed by atoms with Crippen molar-refractivity contribution in [1.29, 1.82) is 0 Å². The lowest BCUT2D eigenvalue weighted by molar-refractivity contribution is -0.203. The number of nitrogens with two attached hydrogens (primary N) is 1.